The molecular weight excluding hydrogens is 246 g/mol. The third-order valence-electron chi connectivity index (χ3n) is 3.62. The van der Waals surface area contributed by atoms with Gasteiger partial charge in [0.25, 0.3) is 0 Å². The van der Waals surface area contributed by atoms with Crippen LogP contribution in [0.3, 0.4) is 0 Å². The molecule has 2 nitrogen and oxygen atoms in total. The Hall–Kier alpha value is -1.64. The van der Waals surface area contributed by atoms with Crippen molar-refractivity contribution in [1.82, 2.24) is 0 Å². The number of nitrogens with two attached hydrogens (primary N) is 1. The molecular formula is C18H23NO. The van der Waals surface area contributed by atoms with Crippen LogP contribution in [0.1, 0.15) is 33.9 Å². The summed E-state index contributed by atoms with van der Waals surface area (Å²) in [5.74, 6) is 0. The molecule has 1 unspecified atom stereocenters. The lowest BCUT2D eigenvalue weighted by atomic mass is 9.97. The first-order valence-corrected chi connectivity index (χ1v) is 7.07. The van der Waals surface area contributed by atoms with Gasteiger partial charge in [-0.05, 0) is 43.0 Å². The molecule has 0 spiro atoms. The molecule has 1 atom stereocenters. The molecule has 0 fully saturated rings. The average molecular weight is 269 g/mol. The summed E-state index contributed by atoms with van der Waals surface area (Å²) in [4.78, 5) is 0. The van der Waals surface area contributed by atoms with Crippen LogP contribution in [-0.2, 0) is 4.74 Å². The van der Waals surface area contributed by atoms with Crippen LogP contribution in [0.4, 0.5) is 0 Å². The van der Waals surface area contributed by atoms with Crippen molar-refractivity contribution < 1.29 is 4.74 Å². The average Bonchev–Trinajstić information content (AvgIpc) is 2.45. The van der Waals surface area contributed by atoms with Gasteiger partial charge in [0, 0.05) is 6.54 Å². The molecule has 2 N–H and O–H groups in total. The third-order valence-corrected chi connectivity index (χ3v) is 3.62. The maximum Gasteiger partial charge on any atom is 0.108 e. The van der Waals surface area contributed by atoms with Crippen molar-refractivity contribution in [2.75, 3.05) is 13.2 Å². The summed E-state index contributed by atoms with van der Waals surface area (Å²) in [6.07, 6.45) is -0.0431. The van der Waals surface area contributed by atoms with Crippen LogP contribution >= 0.6 is 0 Å². The number of rotatable bonds is 5. The Balaban J connectivity index is 2.35. The molecule has 2 aromatic rings. The predicted octanol–water partition coefficient (Wildman–Crippen LogP) is 3.68. The third kappa shape index (κ3) is 3.47. The van der Waals surface area contributed by atoms with E-state index in [1.165, 1.54) is 27.8 Å². The maximum absolute atomic E-state index is 5.97. The Morgan fingerprint density at radius 1 is 0.900 bits per heavy atom. The van der Waals surface area contributed by atoms with Crippen LogP contribution in [0.15, 0.2) is 42.5 Å². The first-order valence-electron chi connectivity index (χ1n) is 7.07. The molecule has 2 rings (SSSR count). The Labute approximate surface area is 121 Å². The molecule has 0 aliphatic carbocycles. The van der Waals surface area contributed by atoms with Crippen LogP contribution in [0, 0.1) is 20.8 Å². The lowest BCUT2D eigenvalue weighted by molar-refractivity contribution is 0.0864. The summed E-state index contributed by atoms with van der Waals surface area (Å²) >= 11 is 0. The van der Waals surface area contributed by atoms with E-state index >= 15 is 0 Å². The Kier molecular flexibility index (Phi) is 4.94. The zero-order valence-corrected chi connectivity index (χ0v) is 12.5. The monoisotopic (exact) mass is 269 g/mol. The van der Waals surface area contributed by atoms with Crippen molar-refractivity contribution in [3.05, 3.63) is 70.3 Å². The van der Waals surface area contributed by atoms with Crippen molar-refractivity contribution in [3.63, 3.8) is 0 Å². The Morgan fingerprint density at radius 2 is 1.55 bits per heavy atom. The van der Waals surface area contributed by atoms with Crippen LogP contribution in [0.25, 0.3) is 0 Å². The molecule has 2 aromatic carbocycles. The van der Waals surface area contributed by atoms with Gasteiger partial charge in [-0.2, -0.15) is 0 Å². The molecule has 0 saturated carbocycles. The van der Waals surface area contributed by atoms with Gasteiger partial charge in [-0.15, -0.1) is 0 Å². The fourth-order valence-corrected chi connectivity index (χ4v) is 2.24. The second-order valence-corrected chi connectivity index (χ2v) is 5.29. The van der Waals surface area contributed by atoms with Crippen LogP contribution in [0.5, 0.6) is 0 Å². The van der Waals surface area contributed by atoms with Gasteiger partial charge in [0.1, 0.15) is 6.10 Å². The molecule has 0 aromatic heterocycles. The van der Waals surface area contributed by atoms with Crippen molar-refractivity contribution in [2.24, 2.45) is 5.73 Å². The van der Waals surface area contributed by atoms with Crippen LogP contribution in [0.2, 0.25) is 0 Å². The Morgan fingerprint density at radius 3 is 2.15 bits per heavy atom. The molecule has 20 heavy (non-hydrogen) atoms. The zero-order chi connectivity index (χ0) is 14.5. The smallest absolute Gasteiger partial charge is 0.108 e. The summed E-state index contributed by atoms with van der Waals surface area (Å²) in [5.41, 5.74) is 11.8. The van der Waals surface area contributed by atoms with E-state index in [1.54, 1.807) is 0 Å². The minimum Gasteiger partial charge on any atom is -0.367 e. The number of benzene rings is 2. The lowest BCUT2D eigenvalue weighted by Gasteiger charge is -2.20. The predicted molar refractivity (Wildman–Crippen MR) is 83.9 cm³/mol. The van der Waals surface area contributed by atoms with Gasteiger partial charge in [-0.1, -0.05) is 48.0 Å². The molecule has 0 radical (unpaired) electrons. The van der Waals surface area contributed by atoms with Crippen molar-refractivity contribution in [3.8, 4) is 0 Å². The largest absolute Gasteiger partial charge is 0.367 e. The SMILES string of the molecule is Cc1ccc(C(OCCN)c2ccc(C)c(C)c2)cc1. The first-order chi connectivity index (χ1) is 9.61. The van der Waals surface area contributed by atoms with E-state index in [-0.39, 0.29) is 6.10 Å². The molecule has 2 heteroatoms. The molecule has 0 saturated heterocycles. The van der Waals surface area contributed by atoms with E-state index < -0.39 is 0 Å². The van der Waals surface area contributed by atoms with E-state index in [0.29, 0.717) is 13.2 Å². The lowest BCUT2D eigenvalue weighted by Crippen LogP contribution is -2.14. The van der Waals surface area contributed by atoms with Gasteiger partial charge in [0.2, 0.25) is 0 Å². The van der Waals surface area contributed by atoms with E-state index in [4.69, 9.17) is 10.5 Å². The maximum atomic E-state index is 5.97. The van der Waals surface area contributed by atoms with Crippen LogP contribution in [-0.4, -0.2) is 13.2 Å². The standard InChI is InChI=1S/C18H23NO/c1-13-4-7-16(8-5-13)18(20-11-10-19)17-9-6-14(2)15(3)12-17/h4-9,12,18H,10-11,19H2,1-3H3. The summed E-state index contributed by atoms with van der Waals surface area (Å²) in [6, 6.07) is 15.0. The summed E-state index contributed by atoms with van der Waals surface area (Å²) in [6.45, 7) is 7.45. The second-order valence-electron chi connectivity index (χ2n) is 5.29. The molecule has 106 valence electrons. The summed E-state index contributed by atoms with van der Waals surface area (Å²) in [5, 5.41) is 0. The molecule has 0 aliphatic rings. The Bertz CT molecular complexity index is 560. The van der Waals surface area contributed by atoms with Gasteiger partial charge >= 0.3 is 0 Å². The highest BCUT2D eigenvalue weighted by Crippen LogP contribution is 2.27. The minimum absolute atomic E-state index is 0.0431. The van der Waals surface area contributed by atoms with E-state index in [0.717, 1.165) is 0 Å². The van der Waals surface area contributed by atoms with Crippen molar-refractivity contribution >= 4 is 0 Å². The van der Waals surface area contributed by atoms with E-state index in [2.05, 4.69) is 63.2 Å². The molecule has 0 aliphatic heterocycles. The second kappa shape index (κ2) is 6.69. The van der Waals surface area contributed by atoms with Gasteiger partial charge in [0.15, 0.2) is 0 Å². The molecule has 0 amide bonds. The quantitative estimate of drug-likeness (QED) is 0.898. The van der Waals surface area contributed by atoms with Gasteiger partial charge in [-0.25, -0.2) is 0 Å². The molecule has 0 heterocycles. The van der Waals surface area contributed by atoms with E-state index in [1.807, 2.05) is 0 Å². The zero-order valence-electron chi connectivity index (χ0n) is 12.5. The fourth-order valence-electron chi connectivity index (χ4n) is 2.24. The normalized spacial score (nSPS) is 12.4. The van der Waals surface area contributed by atoms with E-state index in [9.17, 15) is 0 Å². The first kappa shape index (κ1) is 14.8. The van der Waals surface area contributed by atoms with Crippen molar-refractivity contribution in [2.45, 2.75) is 26.9 Å². The number of hydrogen-bond acceptors (Lipinski definition) is 2. The molecule has 0 bridgehead atoms. The number of aryl methyl sites for hydroxylation is 3. The minimum atomic E-state index is -0.0431. The summed E-state index contributed by atoms with van der Waals surface area (Å²) < 4.78 is 5.97. The highest BCUT2D eigenvalue weighted by atomic mass is 16.5. The number of ether oxygens (including phenoxy) is 1. The topological polar surface area (TPSA) is 35.2 Å². The highest BCUT2D eigenvalue weighted by Gasteiger charge is 2.15. The number of hydrogen-bond donors (Lipinski definition) is 1. The van der Waals surface area contributed by atoms with Crippen LogP contribution < -0.4 is 5.73 Å². The fraction of sp³-hybridized carbons (Fsp3) is 0.333. The van der Waals surface area contributed by atoms with Crippen molar-refractivity contribution in [1.29, 1.82) is 0 Å². The highest BCUT2D eigenvalue weighted by molar-refractivity contribution is 5.36. The van der Waals surface area contributed by atoms with Gasteiger partial charge in [0.05, 0.1) is 6.61 Å². The summed E-state index contributed by atoms with van der Waals surface area (Å²) in [7, 11) is 0. The van der Waals surface area contributed by atoms with Gasteiger partial charge < -0.3 is 10.5 Å². The van der Waals surface area contributed by atoms with Gasteiger partial charge in [-0.3, -0.25) is 0 Å².